The van der Waals surface area contributed by atoms with Crippen molar-refractivity contribution < 1.29 is 4.74 Å². The van der Waals surface area contributed by atoms with E-state index in [0.29, 0.717) is 18.2 Å². The van der Waals surface area contributed by atoms with E-state index in [1.807, 2.05) is 26.2 Å². The highest BCUT2D eigenvalue weighted by Gasteiger charge is 2.12. The van der Waals surface area contributed by atoms with Crippen LogP contribution in [-0.2, 0) is 11.3 Å². The number of ether oxygens (including phenoxy) is 1. The molecule has 1 atom stereocenters. The summed E-state index contributed by atoms with van der Waals surface area (Å²) in [6.45, 7) is 3.43. The number of hydrogen-bond donors (Lipinski definition) is 1. The van der Waals surface area contributed by atoms with Crippen LogP contribution in [0.25, 0.3) is 0 Å². The van der Waals surface area contributed by atoms with Gasteiger partial charge in [0, 0.05) is 20.7 Å². The molecule has 0 saturated carbocycles. The predicted octanol–water partition coefficient (Wildman–Crippen LogP) is 1.93. The number of aromatic nitrogens is 1. The zero-order valence-corrected chi connectivity index (χ0v) is 11.6. The molecule has 0 saturated heterocycles. The summed E-state index contributed by atoms with van der Waals surface area (Å²) in [5.74, 6) is 0.907. The van der Waals surface area contributed by atoms with Crippen molar-refractivity contribution in [1.29, 1.82) is 0 Å². The number of rotatable bonds is 6. The van der Waals surface area contributed by atoms with Crippen LogP contribution in [0, 0.1) is 0 Å². The number of halogens is 1. The second-order valence-electron chi connectivity index (χ2n) is 4.04. The van der Waals surface area contributed by atoms with E-state index in [1.165, 1.54) is 0 Å². The molecule has 1 heterocycles. The average molecular weight is 258 g/mol. The Kier molecular flexibility index (Phi) is 5.68. The van der Waals surface area contributed by atoms with Crippen molar-refractivity contribution in [3.8, 4) is 0 Å². The summed E-state index contributed by atoms with van der Waals surface area (Å²) in [4.78, 5) is 6.62. The fourth-order valence-corrected chi connectivity index (χ4v) is 1.71. The molecule has 5 heteroatoms. The molecule has 1 aromatic rings. The van der Waals surface area contributed by atoms with Crippen molar-refractivity contribution in [2.24, 2.45) is 0 Å². The van der Waals surface area contributed by atoms with Crippen molar-refractivity contribution >= 4 is 17.4 Å². The van der Waals surface area contributed by atoms with E-state index in [-0.39, 0.29) is 6.04 Å². The first-order valence-electron chi connectivity index (χ1n) is 5.62. The first-order valence-corrected chi connectivity index (χ1v) is 5.99. The number of nitrogens with one attached hydrogen (secondary N) is 1. The van der Waals surface area contributed by atoms with E-state index >= 15 is 0 Å². The maximum Gasteiger partial charge on any atom is 0.129 e. The van der Waals surface area contributed by atoms with Gasteiger partial charge in [0.05, 0.1) is 23.4 Å². The van der Waals surface area contributed by atoms with E-state index in [0.717, 1.165) is 11.5 Å². The van der Waals surface area contributed by atoms with E-state index in [4.69, 9.17) is 16.3 Å². The normalized spacial score (nSPS) is 12.5. The Morgan fingerprint density at radius 1 is 1.53 bits per heavy atom. The standard InChI is InChI=1S/C12H20ClN3O/c1-9(8-17-4)16(3)12-6-5-10(13)11(15-12)7-14-2/h5-6,9,14H,7-8H2,1-4H3. The quantitative estimate of drug-likeness (QED) is 0.845. The zero-order valence-electron chi connectivity index (χ0n) is 10.8. The maximum absolute atomic E-state index is 6.07. The lowest BCUT2D eigenvalue weighted by atomic mass is 10.3. The fraction of sp³-hybridized carbons (Fsp3) is 0.583. The summed E-state index contributed by atoms with van der Waals surface area (Å²) in [6.07, 6.45) is 0. The molecule has 0 aliphatic carbocycles. The van der Waals surface area contributed by atoms with Gasteiger partial charge in [0.2, 0.25) is 0 Å². The van der Waals surface area contributed by atoms with Crippen molar-refractivity contribution in [1.82, 2.24) is 10.3 Å². The van der Waals surface area contributed by atoms with E-state index in [9.17, 15) is 0 Å². The lowest BCUT2D eigenvalue weighted by molar-refractivity contribution is 0.183. The minimum Gasteiger partial charge on any atom is -0.383 e. The molecule has 0 radical (unpaired) electrons. The lowest BCUT2D eigenvalue weighted by Crippen LogP contribution is -2.33. The van der Waals surface area contributed by atoms with Crippen LogP contribution in [0.2, 0.25) is 5.02 Å². The van der Waals surface area contributed by atoms with Crippen LogP contribution < -0.4 is 10.2 Å². The predicted molar refractivity (Wildman–Crippen MR) is 71.8 cm³/mol. The van der Waals surface area contributed by atoms with Gasteiger partial charge in [-0.05, 0) is 26.1 Å². The highest BCUT2D eigenvalue weighted by molar-refractivity contribution is 6.31. The molecular weight excluding hydrogens is 238 g/mol. The third-order valence-corrected chi connectivity index (χ3v) is 3.02. The number of anilines is 1. The molecule has 1 N–H and O–H groups in total. The Balaban J connectivity index is 2.86. The first-order chi connectivity index (χ1) is 8.10. The summed E-state index contributed by atoms with van der Waals surface area (Å²) in [5, 5.41) is 3.75. The number of nitrogens with zero attached hydrogens (tertiary/aromatic N) is 2. The molecule has 0 spiro atoms. The summed E-state index contributed by atoms with van der Waals surface area (Å²) in [5.41, 5.74) is 0.864. The molecule has 1 rings (SSSR count). The van der Waals surface area contributed by atoms with Crippen LogP contribution in [-0.4, -0.2) is 38.8 Å². The Morgan fingerprint density at radius 2 is 2.24 bits per heavy atom. The second kappa shape index (κ2) is 6.79. The molecule has 0 bridgehead atoms. The fourth-order valence-electron chi connectivity index (χ4n) is 1.54. The smallest absolute Gasteiger partial charge is 0.129 e. The summed E-state index contributed by atoms with van der Waals surface area (Å²) >= 11 is 6.07. The van der Waals surface area contributed by atoms with Gasteiger partial charge in [0.25, 0.3) is 0 Å². The number of likely N-dealkylation sites (N-methyl/N-ethyl adjacent to an activating group) is 1. The van der Waals surface area contributed by atoms with Gasteiger partial charge in [-0.2, -0.15) is 0 Å². The van der Waals surface area contributed by atoms with Gasteiger partial charge in [0.15, 0.2) is 0 Å². The van der Waals surface area contributed by atoms with E-state index in [2.05, 4.69) is 22.1 Å². The summed E-state index contributed by atoms with van der Waals surface area (Å²) in [7, 11) is 5.58. The Morgan fingerprint density at radius 3 is 2.82 bits per heavy atom. The average Bonchev–Trinajstić information content (AvgIpc) is 2.31. The molecule has 1 aromatic heterocycles. The van der Waals surface area contributed by atoms with Crippen molar-refractivity contribution in [2.75, 3.05) is 32.7 Å². The van der Waals surface area contributed by atoms with Crippen LogP contribution in [0.5, 0.6) is 0 Å². The first kappa shape index (κ1) is 14.2. The molecule has 0 aliphatic rings. The van der Waals surface area contributed by atoms with Crippen LogP contribution in [0.3, 0.4) is 0 Å². The monoisotopic (exact) mass is 257 g/mol. The topological polar surface area (TPSA) is 37.4 Å². The molecular formula is C12H20ClN3O. The van der Waals surface area contributed by atoms with Crippen molar-refractivity contribution in [3.05, 3.63) is 22.8 Å². The van der Waals surface area contributed by atoms with Crippen LogP contribution >= 0.6 is 11.6 Å². The summed E-state index contributed by atoms with van der Waals surface area (Å²) < 4.78 is 5.14. The minimum absolute atomic E-state index is 0.274. The second-order valence-corrected chi connectivity index (χ2v) is 4.45. The van der Waals surface area contributed by atoms with Gasteiger partial charge < -0.3 is 15.0 Å². The SMILES string of the molecule is CNCc1nc(N(C)C(C)COC)ccc1Cl. The van der Waals surface area contributed by atoms with Crippen molar-refractivity contribution in [2.45, 2.75) is 19.5 Å². The zero-order chi connectivity index (χ0) is 12.8. The number of methoxy groups -OCH3 is 1. The van der Waals surface area contributed by atoms with Gasteiger partial charge in [-0.3, -0.25) is 0 Å². The van der Waals surface area contributed by atoms with Crippen LogP contribution in [0.4, 0.5) is 5.82 Å². The van der Waals surface area contributed by atoms with E-state index in [1.54, 1.807) is 7.11 Å². The molecule has 0 aliphatic heterocycles. The number of pyridine rings is 1. The third-order valence-electron chi connectivity index (χ3n) is 2.68. The van der Waals surface area contributed by atoms with Gasteiger partial charge in [-0.15, -0.1) is 0 Å². The molecule has 0 fully saturated rings. The molecule has 96 valence electrons. The van der Waals surface area contributed by atoms with Gasteiger partial charge in [0.1, 0.15) is 5.82 Å². The van der Waals surface area contributed by atoms with Gasteiger partial charge in [-0.25, -0.2) is 4.98 Å². The number of hydrogen-bond acceptors (Lipinski definition) is 4. The largest absolute Gasteiger partial charge is 0.383 e. The Bertz CT molecular complexity index is 360. The Labute approximate surface area is 108 Å². The molecule has 4 nitrogen and oxygen atoms in total. The lowest BCUT2D eigenvalue weighted by Gasteiger charge is -2.25. The molecule has 1 unspecified atom stereocenters. The third kappa shape index (κ3) is 3.84. The minimum atomic E-state index is 0.274. The molecule has 0 amide bonds. The van der Waals surface area contributed by atoms with Crippen molar-refractivity contribution in [3.63, 3.8) is 0 Å². The molecule has 17 heavy (non-hydrogen) atoms. The molecule has 0 aromatic carbocycles. The van der Waals surface area contributed by atoms with Gasteiger partial charge >= 0.3 is 0 Å². The van der Waals surface area contributed by atoms with E-state index < -0.39 is 0 Å². The maximum atomic E-state index is 6.07. The Hall–Kier alpha value is -0.840. The van der Waals surface area contributed by atoms with Gasteiger partial charge in [-0.1, -0.05) is 11.6 Å². The van der Waals surface area contributed by atoms with Crippen LogP contribution in [0.15, 0.2) is 12.1 Å². The van der Waals surface area contributed by atoms with Crippen LogP contribution in [0.1, 0.15) is 12.6 Å². The highest BCUT2D eigenvalue weighted by atomic mass is 35.5. The highest BCUT2D eigenvalue weighted by Crippen LogP contribution is 2.19. The summed E-state index contributed by atoms with van der Waals surface area (Å²) in [6, 6.07) is 4.08.